The van der Waals surface area contributed by atoms with Gasteiger partial charge in [-0.15, -0.1) is 0 Å². The van der Waals surface area contributed by atoms with E-state index in [1.807, 2.05) is 39.0 Å². The Morgan fingerprint density at radius 2 is 2.05 bits per heavy atom. The largest absolute Gasteiger partial charge is 0.495 e. The molecule has 1 aromatic carbocycles. The second-order valence-electron chi connectivity index (χ2n) is 6.26. The highest BCUT2D eigenvalue weighted by molar-refractivity contribution is 6.32. The van der Waals surface area contributed by atoms with Crippen molar-refractivity contribution in [1.29, 1.82) is 0 Å². The molecular formula is C17H22ClNO3. The van der Waals surface area contributed by atoms with E-state index < -0.39 is 5.60 Å². The van der Waals surface area contributed by atoms with Crippen molar-refractivity contribution in [3.05, 3.63) is 34.9 Å². The molecule has 1 aliphatic heterocycles. The van der Waals surface area contributed by atoms with Gasteiger partial charge in [0.25, 0.3) is 0 Å². The van der Waals surface area contributed by atoms with Crippen molar-refractivity contribution in [1.82, 2.24) is 4.90 Å². The van der Waals surface area contributed by atoms with Crippen molar-refractivity contribution >= 4 is 23.3 Å². The number of methoxy groups -OCH3 is 1. The van der Waals surface area contributed by atoms with Gasteiger partial charge in [0.15, 0.2) is 0 Å². The number of ether oxygens (including phenoxy) is 2. The fourth-order valence-corrected chi connectivity index (χ4v) is 2.48. The lowest BCUT2D eigenvalue weighted by molar-refractivity contribution is 0.0270. The van der Waals surface area contributed by atoms with Crippen LogP contribution in [0, 0.1) is 0 Å². The molecule has 0 bridgehead atoms. The molecule has 0 aliphatic carbocycles. The molecule has 0 N–H and O–H groups in total. The highest BCUT2D eigenvalue weighted by Gasteiger charge is 2.24. The lowest BCUT2D eigenvalue weighted by Gasteiger charge is -2.29. The zero-order chi connectivity index (χ0) is 16.3. The molecule has 0 radical (unpaired) electrons. The predicted molar refractivity (Wildman–Crippen MR) is 88.4 cm³/mol. The van der Waals surface area contributed by atoms with Crippen LogP contribution in [0.3, 0.4) is 0 Å². The van der Waals surface area contributed by atoms with Gasteiger partial charge in [0.1, 0.15) is 11.4 Å². The van der Waals surface area contributed by atoms with Crippen molar-refractivity contribution < 1.29 is 14.3 Å². The summed E-state index contributed by atoms with van der Waals surface area (Å²) in [4.78, 5) is 13.7. The number of amides is 1. The third kappa shape index (κ3) is 4.17. The van der Waals surface area contributed by atoms with Crippen LogP contribution in [0.1, 0.15) is 32.8 Å². The molecule has 1 aromatic rings. The van der Waals surface area contributed by atoms with Crippen LogP contribution < -0.4 is 4.74 Å². The summed E-state index contributed by atoms with van der Waals surface area (Å²) in [5.74, 6) is 0.662. The first-order valence-electron chi connectivity index (χ1n) is 7.31. The minimum atomic E-state index is -0.468. The van der Waals surface area contributed by atoms with E-state index >= 15 is 0 Å². The van der Waals surface area contributed by atoms with Gasteiger partial charge in [0, 0.05) is 13.1 Å². The van der Waals surface area contributed by atoms with E-state index in [1.54, 1.807) is 12.0 Å². The van der Waals surface area contributed by atoms with E-state index in [1.165, 1.54) is 5.57 Å². The molecular weight excluding hydrogens is 302 g/mol. The summed E-state index contributed by atoms with van der Waals surface area (Å²) < 4.78 is 10.6. The maximum Gasteiger partial charge on any atom is 0.410 e. The standard InChI is InChI=1S/C17H22ClNO3/c1-17(2,3)22-16(20)19-9-7-12(8-10-19)13-5-6-14(18)15(11-13)21-4/h5-7,11H,8-10H2,1-4H3. The minimum absolute atomic E-state index is 0.267. The molecule has 0 saturated heterocycles. The van der Waals surface area contributed by atoms with E-state index in [4.69, 9.17) is 21.1 Å². The monoisotopic (exact) mass is 323 g/mol. The average Bonchev–Trinajstić information content (AvgIpc) is 2.46. The number of hydrogen-bond donors (Lipinski definition) is 0. The highest BCUT2D eigenvalue weighted by atomic mass is 35.5. The lowest BCUT2D eigenvalue weighted by Crippen LogP contribution is -2.39. The van der Waals surface area contributed by atoms with Crippen molar-refractivity contribution in [2.24, 2.45) is 0 Å². The maximum atomic E-state index is 12.0. The summed E-state index contributed by atoms with van der Waals surface area (Å²) in [7, 11) is 1.60. The summed E-state index contributed by atoms with van der Waals surface area (Å²) in [5.41, 5.74) is 1.80. The normalized spacial score (nSPS) is 15.3. The van der Waals surface area contributed by atoms with E-state index in [9.17, 15) is 4.79 Å². The Kier molecular flexibility index (Phi) is 5.01. The first-order chi connectivity index (χ1) is 10.3. The van der Waals surface area contributed by atoms with Gasteiger partial charge in [-0.05, 0) is 50.5 Å². The summed E-state index contributed by atoms with van der Waals surface area (Å²) >= 11 is 6.05. The number of halogens is 1. The quantitative estimate of drug-likeness (QED) is 0.811. The van der Waals surface area contributed by atoms with E-state index in [0.717, 1.165) is 12.0 Å². The Balaban J connectivity index is 2.07. The zero-order valence-electron chi connectivity index (χ0n) is 13.5. The zero-order valence-corrected chi connectivity index (χ0v) is 14.2. The Hall–Kier alpha value is -1.68. The van der Waals surface area contributed by atoms with Crippen LogP contribution in [0.25, 0.3) is 5.57 Å². The first-order valence-corrected chi connectivity index (χ1v) is 7.69. The minimum Gasteiger partial charge on any atom is -0.495 e. The average molecular weight is 324 g/mol. The molecule has 22 heavy (non-hydrogen) atoms. The second-order valence-corrected chi connectivity index (χ2v) is 6.66. The molecule has 1 amide bonds. The van der Waals surface area contributed by atoms with Crippen LogP contribution >= 0.6 is 11.6 Å². The van der Waals surface area contributed by atoms with Crippen LogP contribution in [-0.2, 0) is 4.74 Å². The SMILES string of the molecule is COc1cc(C2=CCN(C(=O)OC(C)(C)C)CC2)ccc1Cl. The molecule has 1 aliphatic rings. The fraction of sp³-hybridized carbons (Fsp3) is 0.471. The third-order valence-corrected chi connectivity index (χ3v) is 3.69. The third-order valence-electron chi connectivity index (χ3n) is 3.38. The molecule has 1 heterocycles. The fourth-order valence-electron chi connectivity index (χ4n) is 2.28. The number of rotatable bonds is 2. The molecule has 2 rings (SSSR count). The lowest BCUT2D eigenvalue weighted by atomic mass is 9.99. The number of nitrogens with zero attached hydrogens (tertiary/aromatic N) is 1. The van der Waals surface area contributed by atoms with Crippen LogP contribution in [0.2, 0.25) is 5.02 Å². The Morgan fingerprint density at radius 1 is 1.32 bits per heavy atom. The van der Waals surface area contributed by atoms with E-state index in [-0.39, 0.29) is 6.09 Å². The van der Waals surface area contributed by atoms with Crippen LogP contribution in [0.15, 0.2) is 24.3 Å². The summed E-state index contributed by atoms with van der Waals surface area (Å²) in [6.45, 7) is 6.81. The van der Waals surface area contributed by atoms with Gasteiger partial charge in [-0.2, -0.15) is 0 Å². The van der Waals surface area contributed by atoms with Gasteiger partial charge in [0.05, 0.1) is 12.1 Å². The van der Waals surface area contributed by atoms with E-state index in [2.05, 4.69) is 6.08 Å². The summed E-state index contributed by atoms with van der Waals surface area (Å²) in [6.07, 6.45) is 2.57. The molecule has 0 unspecified atom stereocenters. The van der Waals surface area contributed by atoms with Gasteiger partial charge in [-0.1, -0.05) is 23.7 Å². The van der Waals surface area contributed by atoms with Crippen molar-refractivity contribution in [2.45, 2.75) is 32.8 Å². The number of carbonyl (C=O) groups is 1. The van der Waals surface area contributed by atoms with Gasteiger partial charge >= 0.3 is 6.09 Å². The molecule has 0 saturated carbocycles. The van der Waals surface area contributed by atoms with Crippen LogP contribution in [0.5, 0.6) is 5.75 Å². The van der Waals surface area contributed by atoms with Crippen molar-refractivity contribution in [3.8, 4) is 5.75 Å². The first kappa shape index (κ1) is 16.7. The van der Waals surface area contributed by atoms with Crippen LogP contribution in [0.4, 0.5) is 4.79 Å². The number of hydrogen-bond acceptors (Lipinski definition) is 3. The van der Waals surface area contributed by atoms with Gasteiger partial charge in [-0.3, -0.25) is 0 Å². The number of benzene rings is 1. The Bertz CT molecular complexity index is 590. The van der Waals surface area contributed by atoms with Gasteiger partial charge < -0.3 is 14.4 Å². The second kappa shape index (κ2) is 6.61. The molecule has 0 fully saturated rings. The molecule has 0 atom stereocenters. The Morgan fingerprint density at radius 3 is 2.59 bits per heavy atom. The topological polar surface area (TPSA) is 38.8 Å². The van der Waals surface area contributed by atoms with E-state index in [0.29, 0.717) is 23.9 Å². The molecule has 5 heteroatoms. The molecule has 120 valence electrons. The predicted octanol–water partition coefficient (Wildman–Crippen LogP) is 4.37. The van der Waals surface area contributed by atoms with Gasteiger partial charge in [-0.25, -0.2) is 4.79 Å². The summed E-state index contributed by atoms with van der Waals surface area (Å²) in [6, 6.07) is 5.73. The smallest absolute Gasteiger partial charge is 0.410 e. The van der Waals surface area contributed by atoms with Gasteiger partial charge in [0.2, 0.25) is 0 Å². The number of carbonyl (C=O) groups excluding carboxylic acids is 1. The molecule has 0 aromatic heterocycles. The maximum absolute atomic E-state index is 12.0. The molecule has 0 spiro atoms. The van der Waals surface area contributed by atoms with Crippen molar-refractivity contribution in [3.63, 3.8) is 0 Å². The Labute approximate surface area is 136 Å². The summed E-state index contributed by atoms with van der Waals surface area (Å²) in [5, 5.41) is 0.595. The highest BCUT2D eigenvalue weighted by Crippen LogP contribution is 2.30. The van der Waals surface area contributed by atoms with Crippen LogP contribution in [-0.4, -0.2) is 36.8 Å². The van der Waals surface area contributed by atoms with Crippen molar-refractivity contribution in [2.75, 3.05) is 20.2 Å². The molecule has 4 nitrogen and oxygen atoms in total.